The summed E-state index contributed by atoms with van der Waals surface area (Å²) in [6.45, 7) is 1.60. The molecule has 10 rings (SSSR count). The Labute approximate surface area is 583 Å². The maximum atomic E-state index is 12.5. The maximum Gasteiger partial charge on any atom is 0.490 e. The number of nitrogens with two attached hydrogens (primary N) is 4. The van der Waals surface area contributed by atoms with Crippen LogP contribution in [0.15, 0.2) is 171 Å². The van der Waals surface area contributed by atoms with Gasteiger partial charge in [0.05, 0.1) is 71.6 Å². The van der Waals surface area contributed by atoms with E-state index in [1.807, 2.05) is 12.1 Å². The fourth-order valence-corrected chi connectivity index (χ4v) is 7.02. The van der Waals surface area contributed by atoms with Crippen LogP contribution in [-0.2, 0) is 52.1 Å². The molecule has 0 aliphatic heterocycles. The van der Waals surface area contributed by atoms with Crippen LogP contribution in [0.25, 0.3) is 22.7 Å². The molecule has 101 heavy (non-hydrogen) atoms. The van der Waals surface area contributed by atoms with Gasteiger partial charge in [0.25, 0.3) is 0 Å². The van der Waals surface area contributed by atoms with Crippen LogP contribution >= 0.6 is 47.4 Å². The van der Waals surface area contributed by atoms with E-state index in [-0.39, 0.29) is 55.2 Å². The van der Waals surface area contributed by atoms with Crippen molar-refractivity contribution in [3.63, 3.8) is 0 Å². The second-order valence-electron chi connectivity index (χ2n) is 17.9. The Morgan fingerprint density at radius 1 is 0.485 bits per heavy atom. The number of ether oxygens (including phenoxy) is 1. The van der Waals surface area contributed by atoms with Crippen molar-refractivity contribution in [2.75, 3.05) is 18.1 Å². The smallest absolute Gasteiger partial charge is 0.459 e. The highest BCUT2D eigenvalue weighted by atomic mass is 127. The van der Waals surface area contributed by atoms with Crippen molar-refractivity contribution in [3.8, 4) is 34.9 Å². The molecule has 542 valence electrons. The fourth-order valence-electron chi connectivity index (χ4n) is 6.34. The molecule has 10 aromatic rings. The van der Waals surface area contributed by atoms with Gasteiger partial charge in [0.1, 0.15) is 27.7 Å². The summed E-state index contributed by atoms with van der Waals surface area (Å²) in [5.41, 5.74) is 21.0. The number of hydrogen-bond acceptors (Lipinski definition) is 19. The molecule has 0 amide bonds. The first kappa shape index (κ1) is 88.4. The summed E-state index contributed by atoms with van der Waals surface area (Å²) in [6.07, 6.45) is -10.3. The van der Waals surface area contributed by atoms with Gasteiger partial charge in [0, 0.05) is 80.9 Å². The van der Waals surface area contributed by atoms with Crippen molar-refractivity contribution in [2.24, 2.45) is 11.5 Å². The van der Waals surface area contributed by atoms with Gasteiger partial charge in [-0.3, -0.25) is 34.7 Å². The number of Topliss-reactive ketones (excluding diaryl/α,β-unsaturated/α-hetero) is 1. The number of carbonyl (C=O) groups is 2. The standard InChI is InChI=1S/C10H9F3N4.C10H5F3N4.C9H5F3IN3.C9H7F3N4.C6H8N2.C5H6N2.C4H2F3NO.C4H5F3O2.2ClH/c2*11-10(12,13)9-4-8(5-14)17(16-9)7-2-1-3-15-6-7;2*10-9(11,12)7-4-8(13)16(15-7)6-2-1-3-14-5-6;7-4-6-2-1-3-8-5-6;6-5-2-1-3-7-4-5;5-4(6,7)3(9)1-2-8;1-2-9-3(8)4(5,6)7;;/h1-4,6H,5,14H2;1-4,6H;1-5H;1-5H,13H2;1-3,5H,4,7H2;1-4H,6H2;1H2;2H2,1H3;2*1H. The zero-order valence-corrected chi connectivity index (χ0v) is 54.5. The summed E-state index contributed by atoms with van der Waals surface area (Å²) >= 11 is 1.80. The molecule has 0 saturated carbocycles. The van der Waals surface area contributed by atoms with Gasteiger partial charge < -0.3 is 27.7 Å². The van der Waals surface area contributed by atoms with E-state index in [9.17, 15) is 88.6 Å². The summed E-state index contributed by atoms with van der Waals surface area (Å²) < 4.78 is 224. The van der Waals surface area contributed by atoms with E-state index in [1.165, 1.54) is 61.0 Å². The summed E-state index contributed by atoms with van der Waals surface area (Å²) in [4.78, 5) is 42.3. The number of rotatable bonds is 8. The van der Waals surface area contributed by atoms with E-state index in [0.29, 0.717) is 44.7 Å². The molecular formula is C57H49Cl2F18IN20O3. The molecule has 0 radical (unpaired) electrons. The molecule has 10 heterocycles. The zero-order valence-electron chi connectivity index (χ0n) is 50.7. The third-order valence-electron chi connectivity index (χ3n) is 10.6. The van der Waals surface area contributed by atoms with E-state index in [0.717, 1.165) is 43.9 Å². The molecule has 0 unspecified atom stereocenters. The Balaban J connectivity index is 0.000000587. The van der Waals surface area contributed by atoms with Gasteiger partial charge in [-0.1, -0.05) is 6.07 Å². The predicted molar refractivity (Wildman–Crippen MR) is 334 cm³/mol. The number of aromatic nitrogens is 14. The van der Waals surface area contributed by atoms with E-state index < -0.39 is 78.0 Å². The van der Waals surface area contributed by atoms with Crippen LogP contribution in [0.5, 0.6) is 0 Å². The molecule has 44 heteroatoms. The number of pyridine rings is 6. The Kier molecular flexibility index (Phi) is 36.0. The number of ketones is 1. The zero-order chi connectivity index (χ0) is 74.4. The number of hydrogen-bond donors (Lipinski definition) is 4. The third-order valence-corrected chi connectivity index (χ3v) is 11.4. The van der Waals surface area contributed by atoms with Gasteiger partial charge in [-0.05, 0) is 108 Å². The molecule has 10 aromatic heterocycles. The van der Waals surface area contributed by atoms with Gasteiger partial charge in [-0.15, -0.1) is 24.8 Å². The van der Waals surface area contributed by atoms with Crippen molar-refractivity contribution in [1.82, 2.24) is 69.0 Å². The minimum absolute atomic E-state index is 0. The molecule has 0 aliphatic carbocycles. The summed E-state index contributed by atoms with van der Waals surface area (Å²) in [5, 5.41) is 30.1. The van der Waals surface area contributed by atoms with E-state index in [2.05, 4.69) is 55.0 Å². The number of carbonyl (C=O) groups excluding carboxylic acids is 2. The second kappa shape index (κ2) is 41.1. The topological polar surface area (TPSA) is 344 Å². The monoisotopic (exact) mass is 1600 g/mol. The highest BCUT2D eigenvalue weighted by Gasteiger charge is 2.41. The van der Waals surface area contributed by atoms with Gasteiger partial charge in [0.2, 0.25) is 5.78 Å². The van der Waals surface area contributed by atoms with Crippen molar-refractivity contribution in [2.45, 2.75) is 63.5 Å². The first-order valence-electron chi connectivity index (χ1n) is 26.6. The van der Waals surface area contributed by atoms with Gasteiger partial charge >= 0.3 is 43.0 Å². The van der Waals surface area contributed by atoms with Crippen LogP contribution in [0.2, 0.25) is 0 Å². The molecule has 0 spiro atoms. The van der Waals surface area contributed by atoms with Crippen molar-refractivity contribution in [3.05, 3.63) is 215 Å². The quantitative estimate of drug-likeness (QED) is 0.0623. The number of halogens is 21. The predicted octanol–water partition coefficient (Wildman–Crippen LogP) is 12.9. The number of esters is 1. The first-order chi connectivity index (χ1) is 46.3. The highest BCUT2D eigenvalue weighted by Crippen LogP contribution is 2.33. The molecule has 0 bridgehead atoms. The van der Waals surface area contributed by atoms with Crippen molar-refractivity contribution in [1.29, 1.82) is 10.5 Å². The third kappa shape index (κ3) is 30.6. The minimum atomic E-state index is -4.85. The average molecular weight is 1600 g/mol. The summed E-state index contributed by atoms with van der Waals surface area (Å²) in [5.74, 6) is -4.21. The maximum absolute atomic E-state index is 12.5. The number of nitrogen functional groups attached to an aromatic ring is 2. The molecule has 0 aromatic carbocycles. The molecule has 0 saturated heterocycles. The average Bonchev–Trinajstić information content (AvgIpc) is 1.69. The second-order valence-corrected chi connectivity index (χ2v) is 19.0. The SMILES string of the molecule is CCOC(=O)C(F)(F)F.Cl.Cl.FC(F)(F)c1cc(I)n(-c2cccnc2)n1.N#CCC(=O)C(F)(F)F.N#Cc1cc(C(F)(F)F)nn1-c1cccnc1.NCc1cc(C(F)(F)F)nn1-c1cccnc1.NCc1cccnc1.Nc1cc(C(F)(F)F)nn1-c1cccnc1.Nc1cccnc1. The molecule has 0 atom stereocenters. The van der Waals surface area contributed by atoms with Crippen LogP contribution < -0.4 is 22.9 Å². The lowest BCUT2D eigenvalue weighted by atomic mass is 10.3. The Bertz CT molecular complexity index is 4040. The van der Waals surface area contributed by atoms with Crippen LogP contribution in [0, 0.1) is 26.4 Å². The Morgan fingerprint density at radius 2 is 0.861 bits per heavy atom. The number of nitrogens with zero attached hydrogens (tertiary/aromatic N) is 16. The van der Waals surface area contributed by atoms with Gasteiger partial charge in [-0.25, -0.2) is 23.5 Å². The van der Waals surface area contributed by atoms with Crippen LogP contribution in [-0.4, -0.2) is 99.7 Å². The number of nitriles is 2. The van der Waals surface area contributed by atoms with E-state index in [4.69, 9.17) is 33.5 Å². The van der Waals surface area contributed by atoms with Crippen molar-refractivity contribution >= 4 is 70.7 Å². The molecule has 0 fully saturated rings. The lowest BCUT2D eigenvalue weighted by molar-refractivity contribution is -0.199. The Hall–Kier alpha value is -10.6. The van der Waals surface area contributed by atoms with Crippen LogP contribution in [0.4, 0.5) is 90.5 Å². The molecule has 8 N–H and O–H groups in total. The molecular weight excluding hydrogens is 1550 g/mol. The normalized spacial score (nSPS) is 10.8. The summed E-state index contributed by atoms with van der Waals surface area (Å²) in [6, 6.07) is 26.3. The number of alkyl halides is 18. The summed E-state index contributed by atoms with van der Waals surface area (Å²) in [7, 11) is 0. The minimum Gasteiger partial charge on any atom is -0.459 e. The lowest BCUT2D eigenvalue weighted by Gasteiger charge is -2.04. The molecule has 23 nitrogen and oxygen atoms in total. The number of anilines is 2. The van der Waals surface area contributed by atoms with Crippen molar-refractivity contribution < 1.29 is 93.4 Å². The Morgan fingerprint density at radius 3 is 1.16 bits per heavy atom. The van der Waals surface area contributed by atoms with Crippen LogP contribution in [0.1, 0.15) is 53.1 Å². The lowest BCUT2D eigenvalue weighted by Crippen LogP contribution is -2.25. The molecule has 0 aliphatic rings. The van der Waals surface area contributed by atoms with E-state index >= 15 is 0 Å². The van der Waals surface area contributed by atoms with E-state index in [1.54, 1.807) is 114 Å². The van der Waals surface area contributed by atoms with Crippen LogP contribution in [0.3, 0.4) is 0 Å². The largest absolute Gasteiger partial charge is 0.490 e. The first-order valence-corrected chi connectivity index (χ1v) is 27.6. The van der Waals surface area contributed by atoms with Gasteiger partial charge in [-0.2, -0.15) is 110 Å². The highest BCUT2D eigenvalue weighted by molar-refractivity contribution is 14.1. The van der Waals surface area contributed by atoms with Gasteiger partial charge in [0.15, 0.2) is 22.8 Å². The fraction of sp³-hybridized carbons (Fsp3) is 0.193.